The van der Waals surface area contributed by atoms with Crippen LogP contribution in [0.25, 0.3) is 20.8 Å². The Morgan fingerprint density at radius 1 is 1.03 bits per heavy atom. The Kier molecular flexibility index (Phi) is 5.70. The van der Waals surface area contributed by atoms with Crippen molar-refractivity contribution in [2.24, 2.45) is 0 Å². The minimum Gasteiger partial charge on any atom is -0.490 e. The second kappa shape index (κ2) is 8.46. The van der Waals surface area contributed by atoms with Gasteiger partial charge in [0.2, 0.25) is 5.75 Å². The SMILES string of the molecule is CCOc1cc(-c2nc3ccccc3s2)ccc1Oc1ccc(C(F)(F)F)cc1[N+](=O)[O-]. The fourth-order valence-corrected chi connectivity index (χ4v) is 3.99. The summed E-state index contributed by atoms with van der Waals surface area (Å²) in [6.07, 6.45) is -4.71. The molecule has 0 aliphatic rings. The molecule has 0 N–H and O–H groups in total. The van der Waals surface area contributed by atoms with Crippen LogP contribution in [-0.2, 0) is 6.18 Å². The van der Waals surface area contributed by atoms with Crippen LogP contribution in [0, 0.1) is 10.1 Å². The van der Waals surface area contributed by atoms with E-state index < -0.39 is 22.4 Å². The van der Waals surface area contributed by atoms with E-state index in [9.17, 15) is 23.3 Å². The third-order valence-corrected chi connectivity index (χ3v) is 5.57. The zero-order valence-electron chi connectivity index (χ0n) is 16.6. The summed E-state index contributed by atoms with van der Waals surface area (Å²) < 4.78 is 51.1. The highest BCUT2D eigenvalue weighted by molar-refractivity contribution is 7.21. The van der Waals surface area contributed by atoms with Gasteiger partial charge in [0.15, 0.2) is 11.5 Å². The number of fused-ring (bicyclic) bond motifs is 1. The number of nitro benzene ring substituents is 1. The Labute approximate surface area is 184 Å². The molecular formula is C22H15F3N2O4S. The van der Waals surface area contributed by atoms with Crippen molar-refractivity contribution < 1.29 is 27.6 Å². The first-order valence-electron chi connectivity index (χ1n) is 9.42. The molecule has 0 amide bonds. The molecule has 164 valence electrons. The highest BCUT2D eigenvalue weighted by Gasteiger charge is 2.33. The van der Waals surface area contributed by atoms with Crippen molar-refractivity contribution in [2.45, 2.75) is 13.1 Å². The van der Waals surface area contributed by atoms with Crippen LogP contribution in [0.15, 0.2) is 60.7 Å². The molecule has 0 saturated heterocycles. The van der Waals surface area contributed by atoms with Crippen molar-refractivity contribution in [3.63, 3.8) is 0 Å². The predicted molar refractivity (Wildman–Crippen MR) is 114 cm³/mol. The molecule has 0 fully saturated rings. The molecule has 0 radical (unpaired) electrons. The van der Waals surface area contributed by atoms with Gasteiger partial charge in [-0.25, -0.2) is 4.98 Å². The summed E-state index contributed by atoms with van der Waals surface area (Å²) in [5.74, 6) is 0.106. The third kappa shape index (κ3) is 4.35. The lowest BCUT2D eigenvalue weighted by Crippen LogP contribution is -2.06. The van der Waals surface area contributed by atoms with Crippen LogP contribution >= 0.6 is 11.3 Å². The largest absolute Gasteiger partial charge is 0.490 e. The van der Waals surface area contributed by atoms with Gasteiger partial charge >= 0.3 is 11.9 Å². The van der Waals surface area contributed by atoms with E-state index in [1.165, 1.54) is 11.3 Å². The molecule has 0 saturated carbocycles. The van der Waals surface area contributed by atoms with Gasteiger partial charge in [-0.3, -0.25) is 10.1 Å². The number of alkyl halides is 3. The Bertz CT molecular complexity index is 1270. The van der Waals surface area contributed by atoms with Gasteiger partial charge in [0, 0.05) is 11.6 Å². The summed E-state index contributed by atoms with van der Waals surface area (Å²) in [7, 11) is 0. The number of nitro groups is 1. The molecule has 4 rings (SSSR count). The van der Waals surface area contributed by atoms with Gasteiger partial charge in [0.05, 0.1) is 27.3 Å². The van der Waals surface area contributed by atoms with E-state index in [4.69, 9.17) is 9.47 Å². The predicted octanol–water partition coefficient (Wildman–Crippen LogP) is 7.08. The maximum Gasteiger partial charge on any atom is 0.416 e. The van der Waals surface area contributed by atoms with Crippen molar-refractivity contribution in [2.75, 3.05) is 6.61 Å². The Hall–Kier alpha value is -3.66. The molecule has 6 nitrogen and oxygen atoms in total. The molecule has 4 aromatic rings. The molecule has 0 aliphatic carbocycles. The van der Waals surface area contributed by atoms with Gasteiger partial charge in [0.1, 0.15) is 5.01 Å². The number of nitrogens with zero attached hydrogens (tertiary/aromatic N) is 2. The highest BCUT2D eigenvalue weighted by Crippen LogP contribution is 2.42. The molecule has 10 heteroatoms. The summed E-state index contributed by atoms with van der Waals surface area (Å²) in [5.41, 5.74) is -0.319. The second-order valence-electron chi connectivity index (χ2n) is 6.62. The number of hydrogen-bond acceptors (Lipinski definition) is 6. The maximum absolute atomic E-state index is 12.9. The first-order valence-corrected chi connectivity index (χ1v) is 10.2. The minimum atomic E-state index is -4.71. The summed E-state index contributed by atoms with van der Waals surface area (Å²) in [6.45, 7) is 2.05. The molecule has 1 heterocycles. The lowest BCUT2D eigenvalue weighted by atomic mass is 10.1. The fourth-order valence-electron chi connectivity index (χ4n) is 3.03. The summed E-state index contributed by atoms with van der Waals surface area (Å²) >= 11 is 1.49. The monoisotopic (exact) mass is 460 g/mol. The first kappa shape index (κ1) is 21.6. The molecule has 1 aromatic heterocycles. The van der Waals surface area contributed by atoms with E-state index in [2.05, 4.69) is 4.98 Å². The van der Waals surface area contributed by atoms with Gasteiger partial charge in [-0.05, 0) is 49.4 Å². The van der Waals surface area contributed by atoms with E-state index >= 15 is 0 Å². The van der Waals surface area contributed by atoms with Crippen molar-refractivity contribution in [1.29, 1.82) is 0 Å². The zero-order chi connectivity index (χ0) is 22.9. The number of para-hydroxylation sites is 1. The third-order valence-electron chi connectivity index (χ3n) is 4.49. The topological polar surface area (TPSA) is 74.5 Å². The Balaban J connectivity index is 1.72. The molecule has 0 atom stereocenters. The lowest BCUT2D eigenvalue weighted by Gasteiger charge is -2.14. The van der Waals surface area contributed by atoms with E-state index in [-0.39, 0.29) is 18.1 Å². The van der Waals surface area contributed by atoms with E-state index in [1.807, 2.05) is 24.3 Å². The zero-order valence-corrected chi connectivity index (χ0v) is 17.4. The number of benzene rings is 3. The number of halogens is 3. The van der Waals surface area contributed by atoms with Gasteiger partial charge in [0.25, 0.3) is 0 Å². The van der Waals surface area contributed by atoms with Crippen molar-refractivity contribution in [1.82, 2.24) is 4.98 Å². The van der Waals surface area contributed by atoms with Crippen LogP contribution in [0.4, 0.5) is 18.9 Å². The summed E-state index contributed by atoms with van der Waals surface area (Å²) in [5, 5.41) is 12.1. The smallest absolute Gasteiger partial charge is 0.416 e. The standard InChI is InChI=1S/C22H15F3N2O4S/c1-2-30-19-11-13(21-26-15-5-3-4-6-20(15)32-21)7-9-18(19)31-17-10-8-14(22(23,24)25)12-16(17)27(28)29/h3-12H,2H2,1H3. The molecule has 0 unspecified atom stereocenters. The van der Waals surface area contributed by atoms with Crippen LogP contribution in [0.1, 0.15) is 12.5 Å². The van der Waals surface area contributed by atoms with Crippen molar-refractivity contribution >= 4 is 27.2 Å². The van der Waals surface area contributed by atoms with Crippen LogP contribution in [0.5, 0.6) is 17.2 Å². The Morgan fingerprint density at radius 2 is 1.78 bits per heavy atom. The van der Waals surface area contributed by atoms with E-state index in [0.29, 0.717) is 11.8 Å². The number of aromatic nitrogens is 1. The molecule has 3 aromatic carbocycles. The van der Waals surface area contributed by atoms with Crippen LogP contribution in [0.2, 0.25) is 0 Å². The van der Waals surface area contributed by atoms with Crippen LogP contribution in [-0.4, -0.2) is 16.5 Å². The van der Waals surface area contributed by atoms with Crippen molar-refractivity contribution in [3.8, 4) is 27.8 Å². The number of hydrogen-bond donors (Lipinski definition) is 0. The van der Waals surface area contributed by atoms with Gasteiger partial charge in [-0.1, -0.05) is 12.1 Å². The van der Waals surface area contributed by atoms with Gasteiger partial charge in [-0.2, -0.15) is 13.2 Å². The molecular weight excluding hydrogens is 445 g/mol. The highest BCUT2D eigenvalue weighted by atomic mass is 32.1. The Morgan fingerprint density at radius 3 is 2.47 bits per heavy atom. The van der Waals surface area contributed by atoms with Crippen LogP contribution in [0.3, 0.4) is 0 Å². The maximum atomic E-state index is 12.9. The lowest BCUT2D eigenvalue weighted by molar-refractivity contribution is -0.385. The van der Waals surface area contributed by atoms with Crippen LogP contribution < -0.4 is 9.47 Å². The van der Waals surface area contributed by atoms with Gasteiger partial charge in [-0.15, -0.1) is 11.3 Å². The minimum absolute atomic E-state index is 0.138. The molecule has 32 heavy (non-hydrogen) atoms. The van der Waals surface area contributed by atoms with E-state index in [0.717, 1.165) is 32.9 Å². The normalized spacial score (nSPS) is 11.5. The van der Waals surface area contributed by atoms with Crippen molar-refractivity contribution in [3.05, 3.63) is 76.3 Å². The first-order chi connectivity index (χ1) is 15.3. The summed E-state index contributed by atoms with van der Waals surface area (Å²) in [6, 6.07) is 14.7. The van der Waals surface area contributed by atoms with E-state index in [1.54, 1.807) is 25.1 Å². The average Bonchev–Trinajstić information content (AvgIpc) is 3.19. The molecule has 0 bridgehead atoms. The fraction of sp³-hybridized carbons (Fsp3) is 0.136. The molecule has 0 aliphatic heterocycles. The number of ether oxygens (including phenoxy) is 2. The quantitative estimate of drug-likeness (QED) is 0.227. The number of thiazole rings is 1. The number of rotatable bonds is 6. The second-order valence-corrected chi connectivity index (χ2v) is 7.65. The van der Waals surface area contributed by atoms with Gasteiger partial charge < -0.3 is 9.47 Å². The summed E-state index contributed by atoms with van der Waals surface area (Å²) in [4.78, 5) is 15.0. The average molecular weight is 460 g/mol. The molecule has 0 spiro atoms.